The fourth-order valence-electron chi connectivity index (χ4n) is 1.10. The van der Waals surface area contributed by atoms with Gasteiger partial charge in [0.25, 0.3) is 0 Å². The SMILES string of the molecule is CC(C)CC(C)NCCS. The van der Waals surface area contributed by atoms with Crippen LogP contribution in [0.25, 0.3) is 0 Å². The topological polar surface area (TPSA) is 12.0 Å². The van der Waals surface area contributed by atoms with Crippen LogP contribution < -0.4 is 5.32 Å². The summed E-state index contributed by atoms with van der Waals surface area (Å²) in [5.41, 5.74) is 0. The molecular weight excluding hydrogens is 142 g/mol. The summed E-state index contributed by atoms with van der Waals surface area (Å²) < 4.78 is 0. The normalized spacial score (nSPS) is 14.1. The highest BCUT2D eigenvalue weighted by Crippen LogP contribution is 2.02. The lowest BCUT2D eigenvalue weighted by molar-refractivity contribution is 0.452. The molecule has 0 aliphatic heterocycles. The summed E-state index contributed by atoms with van der Waals surface area (Å²) in [6.45, 7) is 7.75. The largest absolute Gasteiger partial charge is 0.313 e. The first-order chi connectivity index (χ1) is 4.66. The van der Waals surface area contributed by atoms with Gasteiger partial charge in [-0.15, -0.1) is 0 Å². The Labute approximate surface area is 70.0 Å². The molecule has 0 aromatic carbocycles. The lowest BCUT2D eigenvalue weighted by atomic mass is 10.1. The molecule has 10 heavy (non-hydrogen) atoms. The van der Waals surface area contributed by atoms with E-state index in [-0.39, 0.29) is 0 Å². The van der Waals surface area contributed by atoms with Crippen LogP contribution in [0.2, 0.25) is 0 Å². The molecule has 0 aliphatic rings. The quantitative estimate of drug-likeness (QED) is 0.587. The van der Waals surface area contributed by atoms with Crippen molar-refractivity contribution in [3.05, 3.63) is 0 Å². The van der Waals surface area contributed by atoms with Crippen LogP contribution in [0.4, 0.5) is 0 Å². The van der Waals surface area contributed by atoms with Gasteiger partial charge in [0.2, 0.25) is 0 Å². The predicted octanol–water partition coefficient (Wildman–Crippen LogP) is 1.94. The highest BCUT2D eigenvalue weighted by molar-refractivity contribution is 7.80. The fourth-order valence-corrected chi connectivity index (χ4v) is 1.23. The van der Waals surface area contributed by atoms with Gasteiger partial charge in [0, 0.05) is 18.3 Å². The number of thiol groups is 1. The molecule has 0 aromatic rings. The van der Waals surface area contributed by atoms with Gasteiger partial charge in [-0.25, -0.2) is 0 Å². The average Bonchev–Trinajstić information content (AvgIpc) is 1.82. The molecule has 0 saturated carbocycles. The van der Waals surface area contributed by atoms with E-state index in [1.807, 2.05) is 0 Å². The van der Waals surface area contributed by atoms with Gasteiger partial charge in [-0.05, 0) is 19.3 Å². The third-order valence-corrected chi connectivity index (χ3v) is 1.65. The van der Waals surface area contributed by atoms with Crippen LogP contribution in [0.15, 0.2) is 0 Å². The molecule has 0 rings (SSSR count). The molecule has 1 nitrogen and oxygen atoms in total. The van der Waals surface area contributed by atoms with E-state index in [2.05, 4.69) is 38.7 Å². The van der Waals surface area contributed by atoms with E-state index in [0.29, 0.717) is 6.04 Å². The second-order valence-corrected chi connectivity index (χ2v) is 3.66. The smallest absolute Gasteiger partial charge is 0.00422 e. The summed E-state index contributed by atoms with van der Waals surface area (Å²) in [6.07, 6.45) is 1.26. The maximum atomic E-state index is 4.12. The molecule has 0 amide bonds. The molecule has 1 N–H and O–H groups in total. The zero-order valence-electron chi connectivity index (χ0n) is 7.22. The Balaban J connectivity index is 3.16. The first kappa shape index (κ1) is 10.3. The standard InChI is InChI=1S/C8H19NS/c1-7(2)6-8(3)9-4-5-10/h7-10H,4-6H2,1-3H3. The second kappa shape index (κ2) is 6.05. The molecule has 1 atom stereocenters. The zero-order chi connectivity index (χ0) is 7.98. The van der Waals surface area contributed by atoms with E-state index in [1.165, 1.54) is 6.42 Å². The molecule has 1 unspecified atom stereocenters. The monoisotopic (exact) mass is 161 g/mol. The Morgan fingerprint density at radius 3 is 2.30 bits per heavy atom. The highest BCUT2D eigenvalue weighted by atomic mass is 32.1. The van der Waals surface area contributed by atoms with Gasteiger partial charge in [-0.1, -0.05) is 13.8 Å². The summed E-state index contributed by atoms with van der Waals surface area (Å²) in [5.74, 6) is 1.73. The van der Waals surface area contributed by atoms with Crippen LogP contribution in [-0.2, 0) is 0 Å². The van der Waals surface area contributed by atoms with Gasteiger partial charge in [0.05, 0.1) is 0 Å². The predicted molar refractivity (Wildman–Crippen MR) is 50.8 cm³/mol. The maximum absolute atomic E-state index is 4.12. The van der Waals surface area contributed by atoms with Crippen molar-refractivity contribution in [2.75, 3.05) is 12.3 Å². The minimum atomic E-state index is 0.646. The Bertz CT molecular complexity index is 73.7. The van der Waals surface area contributed by atoms with Gasteiger partial charge in [-0.3, -0.25) is 0 Å². The lowest BCUT2D eigenvalue weighted by Crippen LogP contribution is -2.28. The van der Waals surface area contributed by atoms with Crippen LogP contribution in [0.5, 0.6) is 0 Å². The molecule has 0 bridgehead atoms. The summed E-state index contributed by atoms with van der Waals surface area (Å²) in [5, 5.41) is 3.39. The number of rotatable bonds is 5. The average molecular weight is 161 g/mol. The molecule has 0 saturated heterocycles. The first-order valence-electron chi connectivity index (χ1n) is 4.01. The Morgan fingerprint density at radius 2 is 1.90 bits per heavy atom. The minimum absolute atomic E-state index is 0.646. The highest BCUT2D eigenvalue weighted by Gasteiger charge is 2.01. The first-order valence-corrected chi connectivity index (χ1v) is 4.64. The van der Waals surface area contributed by atoms with Crippen LogP contribution in [0.1, 0.15) is 27.2 Å². The molecule has 0 radical (unpaired) electrons. The lowest BCUT2D eigenvalue weighted by Gasteiger charge is -2.14. The van der Waals surface area contributed by atoms with Gasteiger partial charge < -0.3 is 5.32 Å². The van der Waals surface area contributed by atoms with Crippen molar-refractivity contribution in [3.63, 3.8) is 0 Å². The number of hydrogen-bond acceptors (Lipinski definition) is 2. The van der Waals surface area contributed by atoms with Gasteiger partial charge in [0.1, 0.15) is 0 Å². The third kappa shape index (κ3) is 6.43. The van der Waals surface area contributed by atoms with E-state index >= 15 is 0 Å². The van der Waals surface area contributed by atoms with Gasteiger partial charge in [0.15, 0.2) is 0 Å². The van der Waals surface area contributed by atoms with E-state index in [9.17, 15) is 0 Å². The van der Waals surface area contributed by atoms with Crippen LogP contribution in [0, 0.1) is 5.92 Å². The van der Waals surface area contributed by atoms with Gasteiger partial charge >= 0.3 is 0 Å². The molecule has 0 heterocycles. The van der Waals surface area contributed by atoms with Crippen molar-refractivity contribution in [2.45, 2.75) is 33.2 Å². The zero-order valence-corrected chi connectivity index (χ0v) is 8.12. The van der Waals surface area contributed by atoms with E-state index in [4.69, 9.17) is 0 Å². The van der Waals surface area contributed by atoms with Crippen LogP contribution in [-0.4, -0.2) is 18.3 Å². The molecule has 0 aromatic heterocycles. The third-order valence-electron chi connectivity index (χ3n) is 1.43. The van der Waals surface area contributed by atoms with E-state index in [1.54, 1.807) is 0 Å². The molecular formula is C8H19NS. The maximum Gasteiger partial charge on any atom is 0.00422 e. The molecule has 2 heteroatoms. The van der Waals surface area contributed by atoms with Gasteiger partial charge in [-0.2, -0.15) is 12.6 Å². The van der Waals surface area contributed by atoms with Crippen LogP contribution in [0.3, 0.4) is 0 Å². The van der Waals surface area contributed by atoms with Crippen molar-refractivity contribution >= 4 is 12.6 Å². The summed E-state index contributed by atoms with van der Waals surface area (Å²) >= 11 is 4.12. The number of nitrogens with one attached hydrogen (secondary N) is 1. The Morgan fingerprint density at radius 1 is 1.30 bits per heavy atom. The van der Waals surface area contributed by atoms with E-state index in [0.717, 1.165) is 18.2 Å². The van der Waals surface area contributed by atoms with Crippen LogP contribution >= 0.6 is 12.6 Å². The molecule has 0 aliphatic carbocycles. The molecule has 0 fully saturated rings. The fraction of sp³-hybridized carbons (Fsp3) is 1.00. The van der Waals surface area contributed by atoms with Crippen molar-refractivity contribution in [1.82, 2.24) is 5.32 Å². The van der Waals surface area contributed by atoms with Crippen molar-refractivity contribution in [3.8, 4) is 0 Å². The minimum Gasteiger partial charge on any atom is -0.313 e. The van der Waals surface area contributed by atoms with Crippen molar-refractivity contribution in [1.29, 1.82) is 0 Å². The van der Waals surface area contributed by atoms with E-state index < -0.39 is 0 Å². The Hall–Kier alpha value is 0.310. The summed E-state index contributed by atoms with van der Waals surface area (Å²) in [6, 6.07) is 0.646. The molecule has 0 spiro atoms. The molecule has 62 valence electrons. The second-order valence-electron chi connectivity index (χ2n) is 3.21. The number of hydrogen-bond donors (Lipinski definition) is 2. The van der Waals surface area contributed by atoms with Crippen molar-refractivity contribution < 1.29 is 0 Å². The summed E-state index contributed by atoms with van der Waals surface area (Å²) in [4.78, 5) is 0. The van der Waals surface area contributed by atoms with Crippen molar-refractivity contribution in [2.24, 2.45) is 5.92 Å². The summed E-state index contributed by atoms with van der Waals surface area (Å²) in [7, 11) is 0. The Kier molecular flexibility index (Phi) is 6.24.